The fraction of sp³-hybridized carbons (Fsp3) is 0.462. The van der Waals surface area contributed by atoms with Crippen LogP contribution in [0, 0.1) is 0 Å². The smallest absolute Gasteiger partial charge is 0.339 e. The number of hydrogen-bond acceptors (Lipinski definition) is 3. The van der Waals surface area contributed by atoms with Gasteiger partial charge in [0.15, 0.2) is 0 Å². The summed E-state index contributed by atoms with van der Waals surface area (Å²) in [4.78, 5) is 11.7. The van der Waals surface area contributed by atoms with Gasteiger partial charge in [-0.2, -0.15) is 0 Å². The Morgan fingerprint density at radius 2 is 2.12 bits per heavy atom. The van der Waals surface area contributed by atoms with Crippen LogP contribution in [-0.4, -0.2) is 12.6 Å². The summed E-state index contributed by atoms with van der Waals surface area (Å²) >= 11 is 5.90. The molecule has 0 aromatic heterocycles. The van der Waals surface area contributed by atoms with Crippen molar-refractivity contribution in [3.8, 4) is 0 Å². The molecule has 17 heavy (non-hydrogen) atoms. The van der Waals surface area contributed by atoms with Crippen LogP contribution in [0.4, 0.5) is 5.69 Å². The normalized spacial score (nSPS) is 10.2. The lowest BCUT2D eigenvalue weighted by Crippen LogP contribution is -2.07. The van der Waals surface area contributed by atoms with E-state index in [0.29, 0.717) is 22.9 Å². The second-order valence-electron chi connectivity index (χ2n) is 3.94. The molecule has 0 bridgehead atoms. The SMILES string of the molecule is CCCCCCOC(=O)c1cc(N)ccc1Cl. The second kappa shape index (κ2) is 7.17. The van der Waals surface area contributed by atoms with Gasteiger partial charge in [-0.1, -0.05) is 37.8 Å². The summed E-state index contributed by atoms with van der Waals surface area (Å²) in [5.74, 6) is -0.404. The van der Waals surface area contributed by atoms with Crippen molar-refractivity contribution in [2.75, 3.05) is 12.3 Å². The molecule has 1 aromatic carbocycles. The zero-order chi connectivity index (χ0) is 12.7. The third-order valence-corrected chi connectivity index (χ3v) is 2.77. The van der Waals surface area contributed by atoms with Crippen molar-refractivity contribution in [1.82, 2.24) is 0 Å². The first kappa shape index (κ1) is 13.8. The Hall–Kier alpha value is -1.22. The molecular weight excluding hydrogens is 238 g/mol. The number of nitrogen functional groups attached to an aromatic ring is 1. The molecule has 4 heteroatoms. The van der Waals surface area contributed by atoms with Crippen molar-refractivity contribution in [3.63, 3.8) is 0 Å². The molecule has 0 radical (unpaired) electrons. The maximum Gasteiger partial charge on any atom is 0.339 e. The Balaban J connectivity index is 2.44. The maximum absolute atomic E-state index is 11.7. The number of carbonyl (C=O) groups is 1. The van der Waals surface area contributed by atoms with E-state index in [1.807, 2.05) is 0 Å². The van der Waals surface area contributed by atoms with Crippen LogP contribution in [0.1, 0.15) is 43.0 Å². The quantitative estimate of drug-likeness (QED) is 0.479. The fourth-order valence-corrected chi connectivity index (χ4v) is 1.67. The molecule has 1 rings (SSSR count). The van der Waals surface area contributed by atoms with Crippen LogP contribution in [0.3, 0.4) is 0 Å². The van der Waals surface area contributed by atoms with E-state index >= 15 is 0 Å². The maximum atomic E-state index is 11.7. The largest absolute Gasteiger partial charge is 0.462 e. The molecule has 3 nitrogen and oxygen atoms in total. The van der Waals surface area contributed by atoms with Crippen molar-refractivity contribution in [2.24, 2.45) is 0 Å². The van der Waals surface area contributed by atoms with Gasteiger partial charge in [-0.25, -0.2) is 4.79 Å². The first-order valence-electron chi connectivity index (χ1n) is 5.87. The van der Waals surface area contributed by atoms with Crippen molar-refractivity contribution >= 4 is 23.3 Å². The van der Waals surface area contributed by atoms with Gasteiger partial charge in [0.1, 0.15) is 0 Å². The van der Waals surface area contributed by atoms with Crippen molar-refractivity contribution < 1.29 is 9.53 Å². The Morgan fingerprint density at radius 3 is 2.82 bits per heavy atom. The number of ether oxygens (including phenoxy) is 1. The van der Waals surface area contributed by atoms with Crippen LogP contribution >= 0.6 is 11.6 Å². The van der Waals surface area contributed by atoms with Gasteiger partial charge in [0, 0.05) is 5.69 Å². The third-order valence-electron chi connectivity index (χ3n) is 2.44. The van der Waals surface area contributed by atoms with Crippen LogP contribution in [0.15, 0.2) is 18.2 Å². The average molecular weight is 256 g/mol. The van der Waals surface area contributed by atoms with Crippen molar-refractivity contribution in [2.45, 2.75) is 32.6 Å². The molecular formula is C13H18ClNO2. The molecule has 0 spiro atoms. The van der Waals surface area contributed by atoms with E-state index in [-0.39, 0.29) is 0 Å². The zero-order valence-corrected chi connectivity index (χ0v) is 10.8. The summed E-state index contributed by atoms with van der Waals surface area (Å²) in [7, 11) is 0. The second-order valence-corrected chi connectivity index (χ2v) is 4.34. The molecule has 1 aromatic rings. The van der Waals surface area contributed by atoms with Crippen LogP contribution < -0.4 is 5.73 Å². The topological polar surface area (TPSA) is 52.3 Å². The van der Waals surface area contributed by atoms with Crippen molar-refractivity contribution in [1.29, 1.82) is 0 Å². The minimum atomic E-state index is -0.404. The Bertz CT molecular complexity index is 380. The summed E-state index contributed by atoms with van der Waals surface area (Å²) in [5, 5.41) is 0.373. The van der Waals surface area contributed by atoms with Gasteiger partial charge in [-0.3, -0.25) is 0 Å². The van der Waals surface area contributed by atoms with Crippen LogP contribution in [0.2, 0.25) is 5.02 Å². The molecule has 0 heterocycles. The Morgan fingerprint density at radius 1 is 1.35 bits per heavy atom. The number of benzene rings is 1. The molecule has 2 N–H and O–H groups in total. The Labute approximate surface area is 107 Å². The lowest BCUT2D eigenvalue weighted by atomic mass is 10.2. The standard InChI is InChI=1S/C13H18ClNO2/c1-2-3-4-5-8-17-13(16)11-9-10(15)6-7-12(11)14/h6-7,9H,2-5,8,15H2,1H3. The number of unbranched alkanes of at least 4 members (excludes halogenated alkanes) is 3. The Kier molecular flexibility index (Phi) is 5.84. The molecule has 94 valence electrons. The van der Waals surface area contributed by atoms with Gasteiger partial charge in [-0.15, -0.1) is 0 Å². The van der Waals surface area contributed by atoms with E-state index < -0.39 is 5.97 Å². The molecule has 0 aliphatic heterocycles. The summed E-state index contributed by atoms with van der Waals surface area (Å²) < 4.78 is 5.13. The predicted molar refractivity (Wildman–Crippen MR) is 70.3 cm³/mol. The van der Waals surface area contributed by atoms with Gasteiger partial charge >= 0.3 is 5.97 Å². The number of esters is 1. The molecule has 0 saturated heterocycles. The van der Waals surface area contributed by atoms with E-state index in [9.17, 15) is 4.79 Å². The molecule has 0 saturated carbocycles. The summed E-state index contributed by atoms with van der Waals surface area (Å²) in [6, 6.07) is 4.79. The van der Waals surface area contributed by atoms with Gasteiger partial charge < -0.3 is 10.5 Å². The highest BCUT2D eigenvalue weighted by atomic mass is 35.5. The van der Waals surface area contributed by atoms with Gasteiger partial charge in [0.2, 0.25) is 0 Å². The number of rotatable bonds is 6. The monoisotopic (exact) mass is 255 g/mol. The molecule has 0 aliphatic carbocycles. The predicted octanol–water partition coefficient (Wildman–Crippen LogP) is 3.66. The van der Waals surface area contributed by atoms with E-state index in [1.165, 1.54) is 6.07 Å². The molecule has 0 amide bonds. The number of hydrogen-bond donors (Lipinski definition) is 1. The number of carbonyl (C=O) groups excluding carboxylic acids is 1. The number of anilines is 1. The fourth-order valence-electron chi connectivity index (χ4n) is 1.47. The van der Waals surface area contributed by atoms with E-state index in [4.69, 9.17) is 22.1 Å². The molecule has 0 unspecified atom stereocenters. The minimum absolute atomic E-state index is 0.335. The highest BCUT2D eigenvalue weighted by Crippen LogP contribution is 2.19. The summed E-state index contributed by atoms with van der Waals surface area (Å²) in [5.41, 5.74) is 6.44. The summed E-state index contributed by atoms with van der Waals surface area (Å²) in [6.45, 7) is 2.57. The van der Waals surface area contributed by atoms with E-state index in [0.717, 1.165) is 25.7 Å². The molecule has 0 atom stereocenters. The highest BCUT2D eigenvalue weighted by Gasteiger charge is 2.11. The van der Waals surface area contributed by atoms with E-state index in [1.54, 1.807) is 12.1 Å². The first-order valence-corrected chi connectivity index (χ1v) is 6.25. The minimum Gasteiger partial charge on any atom is -0.462 e. The van der Waals surface area contributed by atoms with Gasteiger partial charge in [0.25, 0.3) is 0 Å². The molecule has 0 fully saturated rings. The number of halogens is 1. The first-order chi connectivity index (χ1) is 8.15. The average Bonchev–Trinajstić information content (AvgIpc) is 2.32. The lowest BCUT2D eigenvalue weighted by molar-refractivity contribution is 0.0498. The third kappa shape index (κ3) is 4.65. The van der Waals surface area contributed by atoms with Crippen molar-refractivity contribution in [3.05, 3.63) is 28.8 Å². The van der Waals surface area contributed by atoms with E-state index in [2.05, 4.69) is 6.92 Å². The summed E-state index contributed by atoms with van der Waals surface area (Å²) in [6.07, 6.45) is 4.29. The highest BCUT2D eigenvalue weighted by molar-refractivity contribution is 6.33. The van der Waals surface area contributed by atoms with Gasteiger partial charge in [-0.05, 0) is 24.6 Å². The van der Waals surface area contributed by atoms with Crippen LogP contribution in [0.5, 0.6) is 0 Å². The number of nitrogens with two attached hydrogens (primary N) is 1. The lowest BCUT2D eigenvalue weighted by Gasteiger charge is -2.06. The van der Waals surface area contributed by atoms with Gasteiger partial charge in [0.05, 0.1) is 17.2 Å². The molecule has 0 aliphatic rings. The van der Waals surface area contributed by atoms with Crippen LogP contribution in [-0.2, 0) is 4.74 Å². The zero-order valence-electron chi connectivity index (χ0n) is 10.0. The van der Waals surface area contributed by atoms with Crippen LogP contribution in [0.25, 0.3) is 0 Å².